The zero-order valence-electron chi connectivity index (χ0n) is 23.6. The van der Waals surface area contributed by atoms with Gasteiger partial charge < -0.3 is 24.5 Å². The molecule has 2 aromatic carbocycles. The molecule has 9 heteroatoms. The van der Waals surface area contributed by atoms with Crippen LogP contribution in [-0.4, -0.2) is 89.2 Å². The second-order valence-corrected chi connectivity index (χ2v) is 10.5. The highest BCUT2D eigenvalue weighted by Gasteiger charge is 2.27. The van der Waals surface area contributed by atoms with E-state index in [0.717, 1.165) is 86.8 Å². The van der Waals surface area contributed by atoms with E-state index in [1.807, 2.05) is 35.2 Å². The topological polar surface area (TPSA) is 85.3 Å². The zero-order chi connectivity index (χ0) is 27.5. The number of piperazine rings is 1. The van der Waals surface area contributed by atoms with Crippen LogP contribution in [0.25, 0.3) is 10.8 Å². The quantitative estimate of drug-likeness (QED) is 0.471. The highest BCUT2D eigenvalue weighted by molar-refractivity contribution is 5.95. The summed E-state index contributed by atoms with van der Waals surface area (Å²) in [6, 6.07) is 12.2. The van der Waals surface area contributed by atoms with Gasteiger partial charge in [-0.15, -0.1) is 0 Å². The van der Waals surface area contributed by atoms with Crippen molar-refractivity contribution in [2.45, 2.75) is 46.8 Å². The lowest BCUT2D eigenvalue weighted by molar-refractivity contribution is -0.130. The van der Waals surface area contributed by atoms with E-state index in [1.165, 1.54) is 5.56 Å². The van der Waals surface area contributed by atoms with E-state index >= 15 is 0 Å². The Kier molecular flexibility index (Phi) is 8.07. The fourth-order valence-corrected chi connectivity index (χ4v) is 5.79. The number of hydrogen-bond acceptors (Lipinski definition) is 8. The number of ether oxygens (including phenoxy) is 1. The van der Waals surface area contributed by atoms with Crippen molar-refractivity contribution in [3.05, 3.63) is 47.7 Å². The fourth-order valence-electron chi connectivity index (χ4n) is 5.79. The summed E-state index contributed by atoms with van der Waals surface area (Å²) >= 11 is 0. The van der Waals surface area contributed by atoms with Crippen LogP contribution >= 0.6 is 0 Å². The molecule has 1 amide bonds. The number of hydrogen-bond donors (Lipinski definition) is 1. The predicted molar refractivity (Wildman–Crippen MR) is 155 cm³/mol. The Bertz CT molecular complexity index is 1320. The largest absolute Gasteiger partial charge is 0.508 e. The summed E-state index contributed by atoms with van der Waals surface area (Å²) in [7, 11) is 0. The highest BCUT2D eigenvalue weighted by atomic mass is 16.5. The van der Waals surface area contributed by atoms with E-state index in [4.69, 9.17) is 14.7 Å². The molecule has 0 bridgehead atoms. The molecule has 1 saturated heterocycles. The average molecular weight is 533 g/mol. The molecular formula is C30H40N6O3. The van der Waals surface area contributed by atoms with Gasteiger partial charge in [0.1, 0.15) is 17.7 Å². The number of aromatic nitrogens is 2. The molecule has 0 unspecified atom stereocenters. The number of amides is 1. The number of nitrogens with zero attached hydrogens (tertiary/aromatic N) is 6. The molecule has 1 aromatic heterocycles. The molecule has 39 heavy (non-hydrogen) atoms. The lowest BCUT2D eigenvalue weighted by atomic mass is 10.0. The van der Waals surface area contributed by atoms with Crippen molar-refractivity contribution in [2.75, 3.05) is 62.2 Å². The van der Waals surface area contributed by atoms with Crippen molar-refractivity contribution in [3.8, 4) is 11.8 Å². The van der Waals surface area contributed by atoms with E-state index < -0.39 is 0 Å². The van der Waals surface area contributed by atoms with Gasteiger partial charge in [-0.3, -0.25) is 9.69 Å². The third-order valence-corrected chi connectivity index (χ3v) is 7.89. The Morgan fingerprint density at radius 1 is 1.08 bits per heavy atom. The minimum absolute atomic E-state index is 0.0915. The van der Waals surface area contributed by atoms with E-state index in [0.29, 0.717) is 12.6 Å². The normalized spacial score (nSPS) is 16.7. The van der Waals surface area contributed by atoms with Crippen LogP contribution in [0.1, 0.15) is 39.0 Å². The summed E-state index contributed by atoms with van der Waals surface area (Å²) in [5.41, 5.74) is 3.17. The van der Waals surface area contributed by atoms with Gasteiger partial charge in [0.15, 0.2) is 0 Å². The Labute approximate surface area is 231 Å². The van der Waals surface area contributed by atoms with Crippen LogP contribution in [0.5, 0.6) is 11.8 Å². The second-order valence-electron chi connectivity index (χ2n) is 10.5. The van der Waals surface area contributed by atoms with Crippen LogP contribution in [0, 0.1) is 0 Å². The summed E-state index contributed by atoms with van der Waals surface area (Å²) in [4.78, 5) is 30.3. The number of carbonyl (C=O) groups excluding carboxylic acids is 1. The molecule has 1 N–H and O–H groups in total. The van der Waals surface area contributed by atoms with Gasteiger partial charge in [-0.05, 0) is 38.6 Å². The van der Waals surface area contributed by atoms with Crippen molar-refractivity contribution in [2.24, 2.45) is 0 Å². The molecule has 2 aliphatic rings. The maximum Gasteiger partial charge on any atom is 0.318 e. The molecule has 0 saturated carbocycles. The maximum absolute atomic E-state index is 11.7. The molecule has 2 aliphatic heterocycles. The minimum Gasteiger partial charge on any atom is -0.508 e. The molecule has 9 nitrogen and oxygen atoms in total. The lowest BCUT2D eigenvalue weighted by Gasteiger charge is -2.35. The first kappa shape index (κ1) is 27.0. The number of phenolic OH excluding ortho intramolecular Hbond substituents is 1. The first-order valence-corrected chi connectivity index (χ1v) is 14.1. The highest BCUT2D eigenvalue weighted by Crippen LogP contribution is 2.36. The Hall–Kier alpha value is -3.59. The fraction of sp³-hybridized carbons (Fsp3) is 0.500. The second kappa shape index (κ2) is 11.7. The van der Waals surface area contributed by atoms with E-state index in [2.05, 4.69) is 41.5 Å². The number of rotatable bonds is 8. The number of aromatic hydroxyl groups is 1. The molecular weight excluding hydrogens is 492 g/mol. The van der Waals surface area contributed by atoms with Gasteiger partial charge >= 0.3 is 6.01 Å². The third-order valence-electron chi connectivity index (χ3n) is 7.89. The van der Waals surface area contributed by atoms with Gasteiger partial charge in [-0.25, -0.2) is 0 Å². The summed E-state index contributed by atoms with van der Waals surface area (Å²) in [5.74, 6) is 1.36. The van der Waals surface area contributed by atoms with Crippen LogP contribution < -0.4 is 14.5 Å². The van der Waals surface area contributed by atoms with Crippen LogP contribution in [0.15, 0.2) is 36.4 Å². The third kappa shape index (κ3) is 5.88. The van der Waals surface area contributed by atoms with Crippen molar-refractivity contribution in [1.82, 2.24) is 19.8 Å². The van der Waals surface area contributed by atoms with Crippen molar-refractivity contribution in [3.63, 3.8) is 0 Å². The number of carbonyl (C=O) groups is 1. The standard InChI is InChI=1S/C30H40N6O3/c1-5-34(6-2)29-26-11-12-36(28-18-24(38)17-23-9-7-8-10-25(23)28)20-27(26)31-30(32-29)39-21(3)19-33-13-15-35(16-14-33)22(4)37/h7-10,17-18,21,38H,5-6,11-16,19-20H2,1-4H3/t21-/m1/s1. The summed E-state index contributed by atoms with van der Waals surface area (Å²) < 4.78 is 6.34. The van der Waals surface area contributed by atoms with Gasteiger partial charge in [-0.1, -0.05) is 24.3 Å². The first-order chi connectivity index (χ1) is 18.9. The van der Waals surface area contributed by atoms with Crippen molar-refractivity contribution < 1.29 is 14.6 Å². The summed E-state index contributed by atoms with van der Waals surface area (Å²) in [6.07, 6.45) is 0.729. The average Bonchev–Trinajstić information content (AvgIpc) is 2.93. The van der Waals surface area contributed by atoms with Crippen LogP contribution in [0.3, 0.4) is 0 Å². The lowest BCUT2D eigenvalue weighted by Crippen LogP contribution is -2.50. The molecule has 1 fully saturated rings. The monoisotopic (exact) mass is 532 g/mol. The molecule has 5 rings (SSSR count). The van der Waals surface area contributed by atoms with Gasteiger partial charge in [0, 0.05) is 82.0 Å². The number of benzene rings is 2. The smallest absolute Gasteiger partial charge is 0.318 e. The van der Waals surface area contributed by atoms with Crippen LogP contribution in [-0.2, 0) is 17.8 Å². The molecule has 1 atom stereocenters. The number of anilines is 2. The van der Waals surface area contributed by atoms with Gasteiger partial charge in [0.2, 0.25) is 5.91 Å². The zero-order valence-corrected chi connectivity index (χ0v) is 23.6. The molecule has 3 aromatic rings. The Morgan fingerprint density at radius 3 is 2.54 bits per heavy atom. The molecule has 208 valence electrons. The Balaban J connectivity index is 1.39. The van der Waals surface area contributed by atoms with Gasteiger partial charge in [-0.2, -0.15) is 9.97 Å². The van der Waals surface area contributed by atoms with Crippen LogP contribution in [0.4, 0.5) is 11.5 Å². The van der Waals surface area contributed by atoms with Gasteiger partial charge in [0.05, 0.1) is 12.2 Å². The maximum atomic E-state index is 11.7. The van der Waals surface area contributed by atoms with Gasteiger partial charge in [0.25, 0.3) is 0 Å². The SMILES string of the molecule is CCN(CC)c1nc(O[C@H](C)CN2CCN(C(C)=O)CC2)nc2c1CCN(c1cc(O)cc3ccccc13)C2. The van der Waals surface area contributed by atoms with Crippen molar-refractivity contribution >= 4 is 28.2 Å². The van der Waals surface area contributed by atoms with E-state index in [1.54, 1.807) is 6.92 Å². The first-order valence-electron chi connectivity index (χ1n) is 14.1. The molecule has 0 aliphatic carbocycles. The summed E-state index contributed by atoms with van der Waals surface area (Å²) in [5, 5.41) is 12.6. The molecule has 0 spiro atoms. The number of phenols is 1. The minimum atomic E-state index is -0.0915. The van der Waals surface area contributed by atoms with E-state index in [-0.39, 0.29) is 17.8 Å². The van der Waals surface area contributed by atoms with E-state index in [9.17, 15) is 9.90 Å². The summed E-state index contributed by atoms with van der Waals surface area (Å²) in [6.45, 7) is 15.1. The molecule has 0 radical (unpaired) electrons. The number of fused-ring (bicyclic) bond motifs is 2. The predicted octanol–water partition coefficient (Wildman–Crippen LogP) is 3.68. The van der Waals surface area contributed by atoms with Crippen LogP contribution in [0.2, 0.25) is 0 Å². The van der Waals surface area contributed by atoms with Crippen molar-refractivity contribution in [1.29, 1.82) is 0 Å². The molecule has 3 heterocycles. The Morgan fingerprint density at radius 2 is 1.82 bits per heavy atom.